The van der Waals surface area contributed by atoms with E-state index in [9.17, 15) is 0 Å². The second-order valence-corrected chi connectivity index (χ2v) is 6.01. The number of halogens is 1. The van der Waals surface area contributed by atoms with Crippen LogP contribution in [0, 0.1) is 0 Å². The molecule has 25 heavy (non-hydrogen) atoms. The van der Waals surface area contributed by atoms with Gasteiger partial charge < -0.3 is 5.32 Å². The summed E-state index contributed by atoms with van der Waals surface area (Å²) in [6, 6.07) is 21.8. The molecule has 0 bridgehead atoms. The molecule has 0 unspecified atom stereocenters. The van der Waals surface area contributed by atoms with Crippen LogP contribution in [0.15, 0.2) is 72.9 Å². The van der Waals surface area contributed by atoms with Gasteiger partial charge in [0.25, 0.3) is 0 Å². The Morgan fingerprint density at radius 2 is 1.64 bits per heavy atom. The van der Waals surface area contributed by atoms with Gasteiger partial charge in [-0.1, -0.05) is 54.1 Å². The molecule has 0 saturated carbocycles. The van der Waals surface area contributed by atoms with Crippen molar-refractivity contribution in [2.24, 2.45) is 0 Å². The van der Waals surface area contributed by atoms with E-state index < -0.39 is 0 Å². The molecule has 0 atom stereocenters. The Morgan fingerprint density at radius 3 is 2.44 bits per heavy atom. The number of aromatic nitrogens is 3. The first-order chi connectivity index (χ1) is 12.3. The van der Waals surface area contributed by atoms with E-state index in [0.717, 1.165) is 22.3 Å². The minimum atomic E-state index is 0.451. The molecule has 2 aromatic carbocycles. The lowest BCUT2D eigenvalue weighted by atomic mass is 10.2. The maximum atomic E-state index is 5.88. The van der Waals surface area contributed by atoms with Gasteiger partial charge in [-0.05, 0) is 29.8 Å². The highest BCUT2D eigenvalue weighted by molar-refractivity contribution is 6.29. The van der Waals surface area contributed by atoms with Crippen LogP contribution in [0.5, 0.6) is 0 Å². The van der Waals surface area contributed by atoms with Crippen molar-refractivity contribution in [3.63, 3.8) is 0 Å². The summed E-state index contributed by atoms with van der Waals surface area (Å²) in [5.74, 6) is 1.43. The first kappa shape index (κ1) is 15.5. The second-order valence-electron chi connectivity index (χ2n) is 5.62. The van der Waals surface area contributed by atoms with Crippen LogP contribution in [0.2, 0.25) is 5.15 Å². The minimum absolute atomic E-state index is 0.451. The van der Waals surface area contributed by atoms with Crippen LogP contribution in [0.1, 0.15) is 5.56 Å². The summed E-state index contributed by atoms with van der Waals surface area (Å²) in [6.45, 7) is 0.695. The Morgan fingerprint density at radius 1 is 0.840 bits per heavy atom. The normalized spacial score (nSPS) is 10.8. The van der Waals surface area contributed by atoms with Gasteiger partial charge in [-0.2, -0.15) is 0 Å². The fraction of sp³-hybridized carbons (Fsp3) is 0.0500. The van der Waals surface area contributed by atoms with E-state index in [2.05, 4.69) is 27.4 Å². The lowest BCUT2D eigenvalue weighted by Crippen LogP contribution is -2.04. The second kappa shape index (κ2) is 6.87. The first-order valence-corrected chi connectivity index (χ1v) is 8.34. The Labute approximate surface area is 150 Å². The topological polar surface area (TPSA) is 50.7 Å². The zero-order valence-electron chi connectivity index (χ0n) is 13.4. The van der Waals surface area contributed by atoms with E-state index in [1.54, 1.807) is 12.3 Å². The van der Waals surface area contributed by atoms with E-state index in [4.69, 9.17) is 16.6 Å². The Balaban J connectivity index is 1.74. The minimum Gasteiger partial charge on any atom is -0.365 e. The molecule has 2 aromatic heterocycles. The fourth-order valence-electron chi connectivity index (χ4n) is 2.63. The molecule has 0 saturated heterocycles. The number of benzene rings is 2. The van der Waals surface area contributed by atoms with Crippen molar-refractivity contribution in [2.75, 3.05) is 5.32 Å². The van der Waals surface area contributed by atoms with Crippen molar-refractivity contribution in [3.8, 4) is 11.4 Å². The van der Waals surface area contributed by atoms with Crippen molar-refractivity contribution in [1.82, 2.24) is 15.0 Å². The molecular weight excluding hydrogens is 332 g/mol. The molecule has 0 aliphatic rings. The molecular formula is C20H15ClN4. The molecule has 2 heterocycles. The van der Waals surface area contributed by atoms with Crippen LogP contribution in [0.25, 0.3) is 22.3 Å². The SMILES string of the molecule is Clc1ccc(-c2nc(NCc3ccccc3)c3ccccc3n2)cn1. The van der Waals surface area contributed by atoms with Gasteiger partial charge in [-0.25, -0.2) is 15.0 Å². The molecule has 0 fully saturated rings. The molecule has 0 aliphatic carbocycles. The van der Waals surface area contributed by atoms with Crippen LogP contribution in [-0.2, 0) is 6.54 Å². The molecule has 0 radical (unpaired) electrons. The van der Waals surface area contributed by atoms with Crippen molar-refractivity contribution in [2.45, 2.75) is 6.54 Å². The highest BCUT2D eigenvalue weighted by Gasteiger charge is 2.09. The molecule has 4 nitrogen and oxygen atoms in total. The predicted molar refractivity (Wildman–Crippen MR) is 102 cm³/mol. The third-order valence-electron chi connectivity index (χ3n) is 3.89. The fourth-order valence-corrected chi connectivity index (χ4v) is 2.74. The molecule has 1 N–H and O–H groups in total. The van der Waals surface area contributed by atoms with Gasteiger partial charge in [-0.3, -0.25) is 0 Å². The lowest BCUT2D eigenvalue weighted by Gasteiger charge is -2.11. The Hall–Kier alpha value is -2.98. The van der Waals surface area contributed by atoms with Gasteiger partial charge in [0.2, 0.25) is 0 Å². The average Bonchev–Trinajstić information content (AvgIpc) is 2.67. The summed E-state index contributed by atoms with van der Waals surface area (Å²) < 4.78 is 0. The highest BCUT2D eigenvalue weighted by Crippen LogP contribution is 2.25. The van der Waals surface area contributed by atoms with Gasteiger partial charge in [0.1, 0.15) is 11.0 Å². The number of fused-ring (bicyclic) bond motifs is 1. The van der Waals surface area contributed by atoms with Crippen molar-refractivity contribution in [1.29, 1.82) is 0 Å². The summed E-state index contributed by atoms with van der Waals surface area (Å²) >= 11 is 5.88. The monoisotopic (exact) mass is 346 g/mol. The predicted octanol–water partition coefficient (Wildman–Crippen LogP) is 4.96. The van der Waals surface area contributed by atoms with Crippen LogP contribution in [-0.4, -0.2) is 15.0 Å². The van der Waals surface area contributed by atoms with E-state index in [1.807, 2.05) is 48.5 Å². The number of hydrogen-bond acceptors (Lipinski definition) is 4. The van der Waals surface area contributed by atoms with Gasteiger partial charge in [-0.15, -0.1) is 0 Å². The summed E-state index contributed by atoms with van der Waals surface area (Å²) in [5, 5.41) is 4.87. The molecule has 4 aromatic rings. The standard InChI is InChI=1S/C20H15ClN4/c21-18-11-10-15(13-22-18)19-24-17-9-5-4-8-16(17)20(25-19)23-12-14-6-2-1-3-7-14/h1-11,13H,12H2,(H,23,24,25). The quantitative estimate of drug-likeness (QED) is 0.531. The Bertz CT molecular complexity index is 1000. The maximum Gasteiger partial charge on any atom is 0.163 e. The zero-order valence-corrected chi connectivity index (χ0v) is 14.1. The van der Waals surface area contributed by atoms with Gasteiger partial charge in [0, 0.05) is 23.7 Å². The molecule has 122 valence electrons. The largest absolute Gasteiger partial charge is 0.365 e. The first-order valence-electron chi connectivity index (χ1n) is 7.96. The van der Waals surface area contributed by atoms with Crippen LogP contribution >= 0.6 is 11.6 Å². The maximum absolute atomic E-state index is 5.88. The van der Waals surface area contributed by atoms with E-state index in [-0.39, 0.29) is 0 Å². The van der Waals surface area contributed by atoms with E-state index in [1.165, 1.54) is 5.56 Å². The van der Waals surface area contributed by atoms with Crippen molar-refractivity contribution >= 4 is 28.3 Å². The number of anilines is 1. The number of rotatable bonds is 4. The molecule has 4 rings (SSSR count). The summed E-state index contributed by atoms with van der Waals surface area (Å²) in [6.07, 6.45) is 1.69. The lowest BCUT2D eigenvalue weighted by molar-refractivity contribution is 1.10. The van der Waals surface area contributed by atoms with Crippen LogP contribution in [0.4, 0.5) is 5.82 Å². The van der Waals surface area contributed by atoms with E-state index >= 15 is 0 Å². The number of nitrogens with one attached hydrogen (secondary N) is 1. The Kier molecular flexibility index (Phi) is 4.27. The van der Waals surface area contributed by atoms with Crippen LogP contribution in [0.3, 0.4) is 0 Å². The molecule has 0 amide bonds. The van der Waals surface area contributed by atoms with Crippen molar-refractivity contribution in [3.05, 3.63) is 83.6 Å². The molecule has 0 spiro atoms. The van der Waals surface area contributed by atoms with E-state index in [0.29, 0.717) is 17.5 Å². The molecule has 5 heteroatoms. The summed E-state index contributed by atoms with van der Waals surface area (Å²) in [5.41, 5.74) is 2.91. The number of nitrogens with zero attached hydrogens (tertiary/aromatic N) is 3. The average molecular weight is 347 g/mol. The zero-order chi connectivity index (χ0) is 17.1. The number of pyridine rings is 1. The highest BCUT2D eigenvalue weighted by atomic mass is 35.5. The summed E-state index contributed by atoms with van der Waals surface area (Å²) in [4.78, 5) is 13.5. The summed E-state index contributed by atoms with van der Waals surface area (Å²) in [7, 11) is 0. The van der Waals surface area contributed by atoms with Gasteiger partial charge >= 0.3 is 0 Å². The third kappa shape index (κ3) is 3.44. The van der Waals surface area contributed by atoms with Gasteiger partial charge in [0.05, 0.1) is 5.52 Å². The number of para-hydroxylation sites is 1. The third-order valence-corrected chi connectivity index (χ3v) is 4.12. The smallest absolute Gasteiger partial charge is 0.163 e. The number of hydrogen-bond donors (Lipinski definition) is 1. The van der Waals surface area contributed by atoms with Crippen LogP contribution < -0.4 is 5.32 Å². The molecule has 0 aliphatic heterocycles. The van der Waals surface area contributed by atoms with Gasteiger partial charge in [0.15, 0.2) is 5.82 Å². The van der Waals surface area contributed by atoms with Crippen molar-refractivity contribution < 1.29 is 0 Å².